The number of ether oxygens (including phenoxy) is 1. The number of rotatable bonds is 6. The lowest BCUT2D eigenvalue weighted by Gasteiger charge is -2.50. The predicted octanol–water partition coefficient (Wildman–Crippen LogP) is 4.61. The monoisotopic (exact) mass is 691 g/mol. The number of nitro benzene ring substituents is 1. The number of non-ortho nitro benzene ring substituents is 1. The molecule has 1 N–H and O–H groups in total. The Morgan fingerprint density at radius 3 is 2.51 bits per heavy atom. The number of fused-ring (bicyclic) bond motifs is 4. The first-order chi connectivity index (χ1) is 20.4. The van der Waals surface area contributed by atoms with Crippen LogP contribution in [0.2, 0.25) is 0 Å². The van der Waals surface area contributed by atoms with Crippen molar-refractivity contribution in [3.8, 4) is 11.5 Å². The highest BCUT2D eigenvalue weighted by atomic mass is 79.9. The summed E-state index contributed by atoms with van der Waals surface area (Å²) >= 11 is 17.6. The highest BCUT2D eigenvalue weighted by Crippen LogP contribution is 2.65. The molecule has 3 fully saturated rings. The number of phenolic OH excluding ortho intramolecular Hbond substituents is 1. The van der Waals surface area contributed by atoms with Gasteiger partial charge >= 0.3 is 0 Å². The number of benzene rings is 2. The quantitative estimate of drug-likeness (QED) is 0.115. The van der Waals surface area contributed by atoms with Crippen molar-refractivity contribution in [3.05, 3.63) is 69.8 Å². The number of hydrogen-bond donors (Lipinski definition) is 1. The Morgan fingerprint density at radius 1 is 1.09 bits per heavy atom. The normalized spacial score (nSPS) is 31.5. The summed E-state index contributed by atoms with van der Waals surface area (Å²) in [5.41, 5.74) is 0.630. The Morgan fingerprint density at radius 2 is 1.84 bits per heavy atom. The Hall–Kier alpha value is -3.48. The van der Waals surface area contributed by atoms with Gasteiger partial charge in [-0.2, -0.15) is 0 Å². The molecule has 0 aromatic heterocycles. The molecule has 0 radical (unpaired) electrons. The van der Waals surface area contributed by atoms with Crippen LogP contribution in [0.5, 0.6) is 11.5 Å². The Balaban J connectivity index is 1.51. The molecule has 4 amide bonds. The lowest BCUT2D eigenvalue weighted by atomic mass is 9.56. The number of nitro groups is 1. The molecule has 6 atom stereocenters. The van der Waals surface area contributed by atoms with Crippen molar-refractivity contribution in [2.45, 2.75) is 35.4 Å². The van der Waals surface area contributed by atoms with Gasteiger partial charge in [-0.3, -0.25) is 34.2 Å². The summed E-state index contributed by atoms with van der Waals surface area (Å²) in [4.78, 5) is 64.1. The molecule has 0 bridgehead atoms. The fourth-order valence-electron chi connectivity index (χ4n) is 7.11. The second kappa shape index (κ2) is 10.3. The van der Waals surface area contributed by atoms with Gasteiger partial charge < -0.3 is 9.84 Å². The summed E-state index contributed by atoms with van der Waals surface area (Å²) in [5, 5.41) is 21.8. The smallest absolute Gasteiger partial charge is 0.271 e. The molecule has 6 rings (SSSR count). The maximum Gasteiger partial charge on any atom is 0.271 e. The third-order valence-electron chi connectivity index (χ3n) is 8.93. The standard InChI is InChI=1S/C29H24BrCl2N3O8/c1-2-43-21-10-14(6-9-20(21)36)23-17-7-8-18-22(19(17)12-28(31)26(39)33(13-30)27(40)29(23,28)32)25(38)34(24(18)37)15-4-3-5-16(11-15)35(41)42/h3-7,9-11,18-19,22-23,36H,2,8,12-13H2,1H3. The van der Waals surface area contributed by atoms with E-state index in [2.05, 4.69) is 15.9 Å². The van der Waals surface area contributed by atoms with Crippen LogP contribution < -0.4 is 9.64 Å². The van der Waals surface area contributed by atoms with Crippen molar-refractivity contribution in [1.82, 2.24) is 4.90 Å². The van der Waals surface area contributed by atoms with Crippen molar-refractivity contribution in [1.29, 1.82) is 0 Å². The maximum atomic E-state index is 14.1. The van der Waals surface area contributed by atoms with E-state index in [0.29, 0.717) is 11.1 Å². The zero-order valence-electron chi connectivity index (χ0n) is 22.5. The summed E-state index contributed by atoms with van der Waals surface area (Å²) < 4.78 is 5.59. The molecule has 1 saturated carbocycles. The average Bonchev–Trinajstić information content (AvgIpc) is 3.32. The van der Waals surface area contributed by atoms with Crippen LogP contribution in [0.15, 0.2) is 54.1 Å². The van der Waals surface area contributed by atoms with Crippen LogP contribution in [-0.4, -0.2) is 60.4 Å². The van der Waals surface area contributed by atoms with E-state index in [9.17, 15) is 34.4 Å². The number of nitrogens with zero attached hydrogens (tertiary/aromatic N) is 3. The van der Waals surface area contributed by atoms with Crippen LogP contribution in [0.25, 0.3) is 0 Å². The van der Waals surface area contributed by atoms with Gasteiger partial charge in [-0.05, 0) is 49.4 Å². The minimum atomic E-state index is -2.00. The highest BCUT2D eigenvalue weighted by molar-refractivity contribution is 9.09. The molecule has 11 nitrogen and oxygen atoms in total. The van der Waals surface area contributed by atoms with Gasteiger partial charge in [0, 0.05) is 18.1 Å². The molecule has 4 aliphatic rings. The van der Waals surface area contributed by atoms with E-state index in [1.165, 1.54) is 30.3 Å². The molecule has 2 aromatic carbocycles. The van der Waals surface area contributed by atoms with Crippen molar-refractivity contribution >= 4 is 74.1 Å². The summed E-state index contributed by atoms with van der Waals surface area (Å²) in [6.45, 7) is 1.98. The number of carbonyl (C=O) groups excluding carboxylic acids is 4. The minimum absolute atomic E-state index is 0.0669. The van der Waals surface area contributed by atoms with Gasteiger partial charge in [-0.15, -0.1) is 23.2 Å². The van der Waals surface area contributed by atoms with Crippen molar-refractivity contribution in [3.63, 3.8) is 0 Å². The number of hydrogen-bond acceptors (Lipinski definition) is 8. The molecule has 0 spiro atoms. The van der Waals surface area contributed by atoms with Crippen LogP contribution >= 0.6 is 39.1 Å². The average molecular weight is 693 g/mol. The SMILES string of the molecule is CCOc1cc(C2C3=CCC4C(=O)N(c5cccc([N+](=O)[O-])c5)C(=O)C4C3CC3(Cl)C(=O)N(CBr)C(=O)C23Cl)ccc1O. The molecule has 43 heavy (non-hydrogen) atoms. The first-order valence-electron chi connectivity index (χ1n) is 13.5. The molecule has 224 valence electrons. The molecule has 2 aromatic rings. The largest absolute Gasteiger partial charge is 0.504 e. The summed E-state index contributed by atoms with van der Waals surface area (Å²) in [6.07, 6.45) is 1.71. The number of phenols is 1. The van der Waals surface area contributed by atoms with E-state index >= 15 is 0 Å². The summed E-state index contributed by atoms with van der Waals surface area (Å²) in [7, 11) is 0. The highest BCUT2D eigenvalue weighted by Gasteiger charge is 2.76. The van der Waals surface area contributed by atoms with E-state index in [1.54, 1.807) is 19.1 Å². The fraction of sp³-hybridized carbons (Fsp3) is 0.379. The number of allylic oxidation sites excluding steroid dienone is 2. The van der Waals surface area contributed by atoms with Gasteiger partial charge in [-0.25, -0.2) is 4.90 Å². The van der Waals surface area contributed by atoms with Crippen LogP contribution in [0, 0.1) is 27.9 Å². The van der Waals surface area contributed by atoms with E-state index in [-0.39, 0.29) is 47.8 Å². The molecule has 2 saturated heterocycles. The van der Waals surface area contributed by atoms with Crippen molar-refractivity contribution < 1.29 is 33.9 Å². The van der Waals surface area contributed by atoms with Crippen molar-refractivity contribution in [2.24, 2.45) is 17.8 Å². The fourth-order valence-corrected chi connectivity index (χ4v) is 8.53. The topological polar surface area (TPSA) is 147 Å². The van der Waals surface area contributed by atoms with Gasteiger partial charge in [-0.1, -0.05) is 39.7 Å². The Kier molecular flexibility index (Phi) is 7.09. The van der Waals surface area contributed by atoms with E-state index in [0.717, 1.165) is 15.9 Å². The lowest BCUT2D eigenvalue weighted by Crippen LogP contribution is -2.60. The molecule has 6 unspecified atom stereocenters. The van der Waals surface area contributed by atoms with Crippen LogP contribution in [0.4, 0.5) is 11.4 Å². The minimum Gasteiger partial charge on any atom is -0.504 e. The number of carbonyl (C=O) groups is 4. The molecular weight excluding hydrogens is 669 g/mol. The van der Waals surface area contributed by atoms with Gasteiger partial charge in [0.25, 0.3) is 17.5 Å². The van der Waals surface area contributed by atoms with Gasteiger partial charge in [0.2, 0.25) is 11.8 Å². The summed E-state index contributed by atoms with van der Waals surface area (Å²) in [6, 6.07) is 9.75. The van der Waals surface area contributed by atoms with Crippen LogP contribution in [0.1, 0.15) is 31.2 Å². The predicted molar refractivity (Wildman–Crippen MR) is 158 cm³/mol. The van der Waals surface area contributed by atoms with E-state index in [1.807, 2.05) is 0 Å². The molecular formula is C29H24BrCl2N3O8. The van der Waals surface area contributed by atoms with Gasteiger partial charge in [0.1, 0.15) is 0 Å². The number of halogens is 3. The second-order valence-corrected chi connectivity index (χ2v) is 12.7. The molecule has 2 aliphatic carbocycles. The molecule has 14 heteroatoms. The number of likely N-dealkylation sites (tertiary alicyclic amines) is 1. The maximum absolute atomic E-state index is 14.1. The number of alkyl halides is 3. The van der Waals surface area contributed by atoms with E-state index < -0.39 is 62.0 Å². The van der Waals surface area contributed by atoms with Crippen LogP contribution in [0.3, 0.4) is 0 Å². The Labute approximate surface area is 263 Å². The number of anilines is 1. The first-order valence-corrected chi connectivity index (χ1v) is 15.4. The second-order valence-electron chi connectivity index (χ2n) is 10.9. The van der Waals surface area contributed by atoms with E-state index in [4.69, 9.17) is 27.9 Å². The number of aromatic hydroxyl groups is 1. The van der Waals surface area contributed by atoms with Crippen molar-refractivity contribution in [2.75, 3.05) is 17.0 Å². The Bertz CT molecular complexity index is 1650. The van der Waals surface area contributed by atoms with Crippen LogP contribution in [-0.2, 0) is 19.2 Å². The zero-order valence-corrected chi connectivity index (χ0v) is 25.6. The zero-order chi connectivity index (χ0) is 31.0. The first kappa shape index (κ1) is 29.6. The number of amides is 4. The molecule has 2 heterocycles. The third-order valence-corrected chi connectivity index (χ3v) is 10.8. The number of imide groups is 2. The molecule has 2 aliphatic heterocycles. The third kappa shape index (κ3) is 3.99. The van der Waals surface area contributed by atoms with Gasteiger partial charge in [0.05, 0.1) is 34.5 Å². The lowest BCUT2D eigenvalue weighted by molar-refractivity contribution is -0.384. The summed E-state index contributed by atoms with van der Waals surface area (Å²) in [5.74, 6) is -6.13. The van der Waals surface area contributed by atoms with Gasteiger partial charge in [0.15, 0.2) is 21.2 Å².